The molecule has 0 fully saturated rings. The van der Waals surface area contributed by atoms with Crippen LogP contribution in [0.3, 0.4) is 0 Å². The molecule has 0 radical (unpaired) electrons. The normalized spacial score (nSPS) is 11.9. The third-order valence-electron chi connectivity index (χ3n) is 2.92. The largest absolute Gasteiger partial charge is 0.337 e. The van der Waals surface area contributed by atoms with E-state index in [1.165, 1.54) is 11.3 Å². The third-order valence-corrected chi connectivity index (χ3v) is 5.87. The summed E-state index contributed by atoms with van der Waals surface area (Å²) in [5.41, 5.74) is 1.00. The molecule has 0 saturated carbocycles. The van der Waals surface area contributed by atoms with Gasteiger partial charge in [-0.1, -0.05) is 6.92 Å². The molecule has 6 nitrogen and oxygen atoms in total. The molecule has 0 aromatic carbocycles. The molecule has 0 saturated heterocycles. The minimum atomic E-state index is -3.39. The highest BCUT2D eigenvalue weighted by Crippen LogP contribution is 2.19. The summed E-state index contributed by atoms with van der Waals surface area (Å²) in [6.07, 6.45) is 6.02. The van der Waals surface area contributed by atoms with Gasteiger partial charge in [-0.3, -0.25) is 0 Å². The van der Waals surface area contributed by atoms with Crippen molar-refractivity contribution in [3.8, 4) is 0 Å². The highest BCUT2D eigenvalue weighted by atomic mass is 32.2. The Morgan fingerprint density at radius 2 is 2.29 bits per heavy atom. The molecule has 2 N–H and O–H groups in total. The van der Waals surface area contributed by atoms with Crippen molar-refractivity contribution in [2.45, 2.75) is 30.6 Å². The minimum Gasteiger partial charge on any atom is -0.337 e. The fourth-order valence-corrected chi connectivity index (χ4v) is 4.14. The fraction of sp³-hybridized carbons (Fsp3) is 0.462. The number of sulfonamides is 1. The lowest BCUT2D eigenvalue weighted by atomic mass is 10.3. The molecule has 21 heavy (non-hydrogen) atoms. The second-order valence-corrected chi connectivity index (χ2v) is 7.51. The first kappa shape index (κ1) is 16.2. The summed E-state index contributed by atoms with van der Waals surface area (Å²) in [6.45, 7) is 4.75. The van der Waals surface area contributed by atoms with Crippen LogP contribution in [0.2, 0.25) is 0 Å². The van der Waals surface area contributed by atoms with Gasteiger partial charge < -0.3 is 9.88 Å². The molecule has 2 rings (SSSR count). The molecule has 0 atom stereocenters. The van der Waals surface area contributed by atoms with Gasteiger partial charge in [0.15, 0.2) is 0 Å². The average molecular weight is 328 g/mol. The monoisotopic (exact) mass is 328 g/mol. The summed E-state index contributed by atoms with van der Waals surface area (Å²) < 4.78 is 29.2. The first-order chi connectivity index (χ1) is 10.1. The van der Waals surface area contributed by atoms with E-state index in [4.69, 9.17) is 0 Å². The number of rotatable bonds is 9. The molecule has 0 aliphatic heterocycles. The second kappa shape index (κ2) is 7.69. The molecule has 2 aromatic rings. The summed E-state index contributed by atoms with van der Waals surface area (Å²) in [5, 5.41) is 5.06. The summed E-state index contributed by atoms with van der Waals surface area (Å²) in [5.74, 6) is 0. The van der Waals surface area contributed by atoms with Crippen LogP contribution in [0.1, 0.15) is 18.9 Å². The van der Waals surface area contributed by atoms with E-state index in [-0.39, 0.29) is 0 Å². The lowest BCUT2D eigenvalue weighted by molar-refractivity contribution is 0.571. The van der Waals surface area contributed by atoms with E-state index in [1.807, 2.05) is 23.1 Å². The topological polar surface area (TPSA) is 76.0 Å². The van der Waals surface area contributed by atoms with Crippen molar-refractivity contribution in [2.75, 3.05) is 13.1 Å². The first-order valence-corrected chi connectivity index (χ1v) is 9.21. The molecule has 0 bridgehead atoms. The second-order valence-electron chi connectivity index (χ2n) is 4.61. The van der Waals surface area contributed by atoms with Crippen molar-refractivity contribution < 1.29 is 8.42 Å². The summed E-state index contributed by atoms with van der Waals surface area (Å²) in [6, 6.07) is 1.73. The van der Waals surface area contributed by atoms with Crippen molar-refractivity contribution in [1.29, 1.82) is 0 Å². The van der Waals surface area contributed by atoms with Gasteiger partial charge in [0, 0.05) is 32.0 Å². The Morgan fingerprint density at radius 3 is 3.00 bits per heavy atom. The van der Waals surface area contributed by atoms with Gasteiger partial charge in [-0.15, -0.1) is 11.3 Å². The van der Waals surface area contributed by atoms with Crippen LogP contribution in [0.4, 0.5) is 0 Å². The number of hydrogen-bond acceptors (Lipinski definition) is 5. The molecule has 0 unspecified atom stereocenters. The van der Waals surface area contributed by atoms with E-state index in [0.717, 1.165) is 25.1 Å². The van der Waals surface area contributed by atoms with Gasteiger partial charge in [0.05, 0.1) is 6.33 Å². The van der Waals surface area contributed by atoms with Gasteiger partial charge in [-0.05, 0) is 30.0 Å². The van der Waals surface area contributed by atoms with Gasteiger partial charge in [0.2, 0.25) is 10.0 Å². The van der Waals surface area contributed by atoms with Gasteiger partial charge in [0.25, 0.3) is 0 Å². The smallest absolute Gasteiger partial charge is 0.250 e. The first-order valence-electron chi connectivity index (χ1n) is 6.85. The van der Waals surface area contributed by atoms with Gasteiger partial charge in [0.1, 0.15) is 4.21 Å². The van der Waals surface area contributed by atoms with E-state index in [0.29, 0.717) is 17.3 Å². The zero-order valence-corrected chi connectivity index (χ0v) is 13.6. The van der Waals surface area contributed by atoms with Crippen LogP contribution < -0.4 is 10.0 Å². The molecule has 0 spiro atoms. The molecule has 2 heterocycles. The van der Waals surface area contributed by atoms with E-state index in [2.05, 4.69) is 15.0 Å². The van der Waals surface area contributed by atoms with Gasteiger partial charge in [-0.2, -0.15) is 0 Å². The maximum atomic E-state index is 12.1. The Balaban J connectivity index is 1.82. The van der Waals surface area contributed by atoms with Crippen LogP contribution in [0.25, 0.3) is 0 Å². The quantitative estimate of drug-likeness (QED) is 0.683. The molecule has 0 aliphatic carbocycles. The number of imidazole rings is 1. The maximum Gasteiger partial charge on any atom is 0.250 e. The molecular formula is C13H20N4O2S2. The van der Waals surface area contributed by atoms with E-state index in [9.17, 15) is 8.42 Å². The Hall–Kier alpha value is -1.22. The molecule has 116 valence electrons. The number of thiophene rings is 1. The van der Waals surface area contributed by atoms with Crippen LogP contribution in [0.15, 0.2) is 34.4 Å². The van der Waals surface area contributed by atoms with Crippen molar-refractivity contribution >= 4 is 21.4 Å². The summed E-state index contributed by atoms with van der Waals surface area (Å²) >= 11 is 1.26. The SMILES string of the molecule is CCNCc1csc(S(=O)(=O)NCCCn2ccnc2)c1. The van der Waals surface area contributed by atoms with Crippen LogP contribution in [0.5, 0.6) is 0 Å². The number of hydrogen-bond donors (Lipinski definition) is 2. The van der Waals surface area contributed by atoms with E-state index in [1.54, 1.807) is 18.6 Å². The highest BCUT2D eigenvalue weighted by Gasteiger charge is 2.15. The average Bonchev–Trinajstić information content (AvgIpc) is 3.13. The lowest BCUT2D eigenvalue weighted by Crippen LogP contribution is -2.24. The van der Waals surface area contributed by atoms with Crippen LogP contribution in [-0.4, -0.2) is 31.1 Å². The van der Waals surface area contributed by atoms with Crippen molar-refractivity contribution in [3.05, 3.63) is 35.7 Å². The fourth-order valence-electron chi connectivity index (χ4n) is 1.81. The Kier molecular flexibility index (Phi) is 5.92. The molecule has 0 aliphatic rings. The molecule has 2 aromatic heterocycles. The summed E-state index contributed by atoms with van der Waals surface area (Å²) in [7, 11) is -3.39. The highest BCUT2D eigenvalue weighted by molar-refractivity contribution is 7.91. The van der Waals surface area contributed by atoms with Crippen molar-refractivity contribution in [2.24, 2.45) is 0 Å². The third kappa shape index (κ3) is 4.92. The standard InChI is InChI=1S/C13H20N4O2S2/c1-2-14-9-12-8-13(20-10-12)21(18,19)16-4-3-6-17-7-5-15-11-17/h5,7-8,10-11,14,16H,2-4,6,9H2,1H3. The van der Waals surface area contributed by atoms with E-state index < -0.39 is 10.0 Å². The Labute approximate surface area is 129 Å². The Bertz CT molecular complexity index is 635. The van der Waals surface area contributed by atoms with Crippen LogP contribution in [0, 0.1) is 0 Å². The number of aromatic nitrogens is 2. The van der Waals surface area contributed by atoms with Gasteiger partial charge in [-0.25, -0.2) is 18.1 Å². The predicted molar refractivity (Wildman–Crippen MR) is 83.7 cm³/mol. The van der Waals surface area contributed by atoms with Gasteiger partial charge >= 0.3 is 0 Å². The number of nitrogens with zero attached hydrogens (tertiary/aromatic N) is 2. The molecule has 8 heteroatoms. The zero-order valence-electron chi connectivity index (χ0n) is 11.9. The Morgan fingerprint density at radius 1 is 1.43 bits per heavy atom. The summed E-state index contributed by atoms with van der Waals surface area (Å²) in [4.78, 5) is 3.94. The van der Waals surface area contributed by atoms with Crippen molar-refractivity contribution in [3.63, 3.8) is 0 Å². The molecule has 0 amide bonds. The van der Waals surface area contributed by atoms with Crippen LogP contribution >= 0.6 is 11.3 Å². The lowest BCUT2D eigenvalue weighted by Gasteiger charge is -2.05. The number of aryl methyl sites for hydroxylation is 1. The van der Waals surface area contributed by atoms with E-state index >= 15 is 0 Å². The maximum absolute atomic E-state index is 12.1. The zero-order chi connectivity index (χ0) is 15.1. The number of nitrogens with one attached hydrogen (secondary N) is 2. The predicted octanol–water partition coefficient (Wildman–Crippen LogP) is 1.42. The minimum absolute atomic E-state index is 0.373. The molecular weight excluding hydrogens is 308 g/mol. The van der Waals surface area contributed by atoms with Crippen molar-refractivity contribution in [1.82, 2.24) is 19.6 Å². The van der Waals surface area contributed by atoms with Crippen LogP contribution in [-0.2, 0) is 23.1 Å².